The number of hydrogen-bond acceptors (Lipinski definition) is 10. The van der Waals surface area contributed by atoms with Gasteiger partial charge in [-0.05, 0) is 18.2 Å². The highest BCUT2D eigenvalue weighted by Crippen LogP contribution is 2.38. The molecular formula is C22H20F3N7O5. The summed E-state index contributed by atoms with van der Waals surface area (Å²) >= 11 is 0. The van der Waals surface area contributed by atoms with Crippen LogP contribution < -0.4 is 4.74 Å². The molecule has 0 unspecified atom stereocenters. The number of aliphatic hydroxyl groups is 3. The van der Waals surface area contributed by atoms with Crippen molar-refractivity contribution in [2.45, 2.75) is 30.5 Å². The monoisotopic (exact) mass is 519 g/mol. The van der Waals surface area contributed by atoms with Crippen LogP contribution in [0, 0.1) is 17.5 Å². The van der Waals surface area contributed by atoms with Gasteiger partial charge >= 0.3 is 0 Å². The highest BCUT2D eigenvalue weighted by atomic mass is 19.2. The van der Waals surface area contributed by atoms with Gasteiger partial charge in [-0.3, -0.25) is 4.57 Å². The summed E-state index contributed by atoms with van der Waals surface area (Å²) in [7, 11) is 1.45. The van der Waals surface area contributed by atoms with Crippen LogP contribution in [-0.4, -0.2) is 82.1 Å². The molecular weight excluding hydrogens is 499 g/mol. The van der Waals surface area contributed by atoms with Gasteiger partial charge in [0.05, 0.1) is 19.9 Å². The van der Waals surface area contributed by atoms with Gasteiger partial charge in [0.15, 0.2) is 23.3 Å². The lowest BCUT2D eigenvalue weighted by atomic mass is 9.92. The van der Waals surface area contributed by atoms with E-state index < -0.39 is 54.5 Å². The van der Waals surface area contributed by atoms with Crippen LogP contribution in [0.3, 0.4) is 0 Å². The summed E-state index contributed by atoms with van der Waals surface area (Å²) in [5.74, 6) is -3.70. The maximum absolute atomic E-state index is 13.7. The van der Waals surface area contributed by atoms with Gasteiger partial charge in [-0.15, -0.1) is 15.3 Å². The summed E-state index contributed by atoms with van der Waals surface area (Å²) in [5.41, 5.74) is -0.165. The number of aliphatic hydroxyl groups excluding tert-OH is 3. The van der Waals surface area contributed by atoms with Gasteiger partial charge < -0.3 is 24.8 Å². The average Bonchev–Trinajstić information content (AvgIpc) is 3.58. The number of halogens is 3. The first kappa shape index (κ1) is 24.8. The Morgan fingerprint density at radius 2 is 1.84 bits per heavy atom. The van der Waals surface area contributed by atoms with E-state index in [4.69, 9.17) is 9.47 Å². The molecule has 4 heterocycles. The average molecular weight is 519 g/mol. The minimum Gasteiger partial charge on any atom is -0.481 e. The highest BCUT2D eigenvalue weighted by molar-refractivity contribution is 5.58. The molecule has 0 bridgehead atoms. The summed E-state index contributed by atoms with van der Waals surface area (Å²) < 4.78 is 54.2. The minimum atomic E-state index is -1.63. The smallest absolute Gasteiger partial charge is 0.214 e. The number of pyridine rings is 1. The van der Waals surface area contributed by atoms with E-state index in [-0.39, 0.29) is 17.1 Å². The second kappa shape index (κ2) is 9.85. The molecule has 0 saturated carbocycles. The van der Waals surface area contributed by atoms with E-state index in [1.54, 1.807) is 18.2 Å². The van der Waals surface area contributed by atoms with Gasteiger partial charge in [0.25, 0.3) is 0 Å². The third-order valence-electron chi connectivity index (χ3n) is 5.98. The Balaban J connectivity index is 1.51. The van der Waals surface area contributed by atoms with Crippen molar-refractivity contribution >= 4 is 0 Å². The van der Waals surface area contributed by atoms with Gasteiger partial charge in [-0.2, -0.15) is 4.98 Å². The third kappa shape index (κ3) is 4.42. The first-order valence-electron chi connectivity index (χ1n) is 10.9. The van der Waals surface area contributed by atoms with Crippen molar-refractivity contribution < 1.29 is 38.0 Å². The van der Waals surface area contributed by atoms with Crippen LogP contribution >= 0.6 is 0 Å². The van der Waals surface area contributed by atoms with E-state index in [9.17, 15) is 28.5 Å². The molecule has 3 aromatic heterocycles. The van der Waals surface area contributed by atoms with E-state index in [1.807, 2.05) is 0 Å². The van der Waals surface area contributed by atoms with Gasteiger partial charge in [0.1, 0.15) is 48.3 Å². The first-order valence-corrected chi connectivity index (χ1v) is 10.9. The van der Waals surface area contributed by atoms with Crippen LogP contribution in [0.5, 0.6) is 5.88 Å². The Bertz CT molecular complexity index is 1390. The zero-order chi connectivity index (χ0) is 26.3. The van der Waals surface area contributed by atoms with Gasteiger partial charge in [0.2, 0.25) is 5.88 Å². The molecule has 0 aliphatic carbocycles. The number of hydrogen-bond donors (Lipinski definition) is 3. The minimum absolute atomic E-state index is 0.0514. The molecule has 15 heteroatoms. The Labute approximate surface area is 206 Å². The second-order valence-electron chi connectivity index (χ2n) is 8.18. The molecule has 1 saturated heterocycles. The SMILES string of the molecule is COc1cccc(-n2cnnc2[C@@H]2O[C@H](CO)[C@H](O)[C@H](n3cc(-c4cc(F)c(F)c(F)c4)nn3)[C@H]2O)n1. The summed E-state index contributed by atoms with van der Waals surface area (Å²) in [5, 5.41) is 47.6. The van der Waals surface area contributed by atoms with Crippen LogP contribution in [-0.2, 0) is 4.74 Å². The lowest BCUT2D eigenvalue weighted by molar-refractivity contribution is -0.210. The Hall–Kier alpha value is -3.92. The molecule has 0 radical (unpaired) electrons. The zero-order valence-corrected chi connectivity index (χ0v) is 19.1. The van der Waals surface area contributed by atoms with E-state index >= 15 is 0 Å². The maximum Gasteiger partial charge on any atom is 0.214 e. The number of aromatic nitrogens is 7. The number of nitrogens with zero attached hydrogens (tertiary/aromatic N) is 7. The van der Waals surface area contributed by atoms with Gasteiger partial charge in [0, 0.05) is 11.6 Å². The zero-order valence-electron chi connectivity index (χ0n) is 19.1. The van der Waals surface area contributed by atoms with Crippen LogP contribution in [0.25, 0.3) is 17.1 Å². The number of methoxy groups -OCH3 is 1. The normalized spacial score (nSPS) is 23.8. The third-order valence-corrected chi connectivity index (χ3v) is 5.98. The van der Waals surface area contributed by atoms with Crippen LogP contribution in [0.1, 0.15) is 18.0 Å². The molecule has 1 aromatic carbocycles. The molecule has 12 nitrogen and oxygen atoms in total. The van der Waals surface area contributed by atoms with E-state index in [0.29, 0.717) is 11.7 Å². The molecule has 3 N–H and O–H groups in total. The Kier molecular flexibility index (Phi) is 6.59. The van der Waals surface area contributed by atoms with Crippen LogP contribution in [0.15, 0.2) is 42.9 Å². The molecule has 0 amide bonds. The first-order chi connectivity index (χ1) is 17.8. The largest absolute Gasteiger partial charge is 0.481 e. The van der Waals surface area contributed by atoms with Crippen molar-refractivity contribution in [1.29, 1.82) is 0 Å². The predicted octanol–water partition coefficient (Wildman–Crippen LogP) is 0.742. The molecule has 4 aromatic rings. The summed E-state index contributed by atoms with van der Waals surface area (Å²) in [4.78, 5) is 4.31. The molecule has 1 aliphatic rings. The lowest BCUT2D eigenvalue weighted by Gasteiger charge is -2.41. The molecule has 1 fully saturated rings. The topological polar surface area (TPSA) is 153 Å². The van der Waals surface area contributed by atoms with Crippen molar-refractivity contribution in [1.82, 2.24) is 34.7 Å². The number of benzene rings is 1. The summed E-state index contributed by atoms with van der Waals surface area (Å²) in [6, 6.07) is 5.21. The van der Waals surface area contributed by atoms with Crippen molar-refractivity contribution in [2.24, 2.45) is 0 Å². The predicted molar refractivity (Wildman–Crippen MR) is 117 cm³/mol. The Morgan fingerprint density at radius 1 is 1.08 bits per heavy atom. The fourth-order valence-electron chi connectivity index (χ4n) is 4.15. The molecule has 0 spiro atoms. The van der Waals surface area contributed by atoms with Gasteiger partial charge in [-0.25, -0.2) is 17.9 Å². The second-order valence-corrected chi connectivity index (χ2v) is 8.18. The molecule has 37 heavy (non-hydrogen) atoms. The molecule has 5 rings (SSSR count). The van der Waals surface area contributed by atoms with Crippen molar-refractivity contribution in [3.05, 3.63) is 66.1 Å². The van der Waals surface area contributed by atoms with Crippen LogP contribution in [0.4, 0.5) is 13.2 Å². The highest BCUT2D eigenvalue weighted by Gasteiger charge is 2.48. The molecule has 194 valence electrons. The molecule has 5 atom stereocenters. The van der Waals surface area contributed by atoms with E-state index in [2.05, 4.69) is 25.5 Å². The Morgan fingerprint density at radius 3 is 2.54 bits per heavy atom. The quantitative estimate of drug-likeness (QED) is 0.311. The number of rotatable bonds is 6. The number of ether oxygens (including phenoxy) is 2. The molecule has 1 aliphatic heterocycles. The van der Waals surface area contributed by atoms with E-state index in [1.165, 1.54) is 24.2 Å². The standard InChI is InChI=1S/C22H20F3N7O5/c1-36-16-4-2-3-15(27-16)31-9-26-29-22(31)21-20(35)18(19(34)14(8-33)37-21)32-7-13(28-30-32)10-5-11(23)17(25)12(24)6-10/h2-7,9,14,18-21,33-35H,8H2,1H3/t14-,18+,19+,20-,21-/m1/s1. The maximum atomic E-state index is 13.7. The van der Waals surface area contributed by atoms with Crippen molar-refractivity contribution in [2.75, 3.05) is 13.7 Å². The van der Waals surface area contributed by atoms with Crippen molar-refractivity contribution in [3.8, 4) is 23.0 Å². The fraction of sp³-hybridized carbons (Fsp3) is 0.318. The summed E-state index contributed by atoms with van der Waals surface area (Å²) in [6.45, 7) is -0.623. The lowest BCUT2D eigenvalue weighted by Crippen LogP contribution is -2.53. The van der Waals surface area contributed by atoms with Crippen molar-refractivity contribution in [3.63, 3.8) is 0 Å². The van der Waals surface area contributed by atoms with Gasteiger partial charge in [-0.1, -0.05) is 11.3 Å². The van der Waals surface area contributed by atoms with E-state index in [0.717, 1.165) is 16.8 Å². The fourth-order valence-corrected chi connectivity index (χ4v) is 4.15. The summed E-state index contributed by atoms with van der Waals surface area (Å²) in [6.07, 6.45) is -2.84. The van der Waals surface area contributed by atoms with Crippen LogP contribution in [0.2, 0.25) is 0 Å².